The maximum absolute atomic E-state index is 3.51. The lowest BCUT2D eigenvalue weighted by atomic mass is 10.1. The summed E-state index contributed by atoms with van der Waals surface area (Å²) in [5.74, 6) is 1.18. The van der Waals surface area contributed by atoms with Crippen molar-refractivity contribution in [2.75, 3.05) is 5.75 Å². The van der Waals surface area contributed by atoms with Crippen LogP contribution in [0, 0.1) is 0 Å². The van der Waals surface area contributed by atoms with Crippen molar-refractivity contribution >= 4 is 12.6 Å². The Morgan fingerprint density at radius 3 is 1.27 bits per heavy atom. The SMILES string of the molecule is CCCCCCCCCCCCC[SH2+].[I-]. The van der Waals surface area contributed by atoms with Crippen LogP contribution in [0.4, 0.5) is 0 Å². The average Bonchev–Trinajstić information content (AvgIpc) is 2.21. The minimum absolute atomic E-state index is 0. The van der Waals surface area contributed by atoms with Crippen LogP contribution in [-0.2, 0) is 12.6 Å². The van der Waals surface area contributed by atoms with Gasteiger partial charge >= 0.3 is 0 Å². The molecule has 94 valence electrons. The molecule has 0 radical (unpaired) electrons. The molecule has 0 aromatic heterocycles. The van der Waals surface area contributed by atoms with Gasteiger partial charge in [-0.05, 0) is 25.5 Å². The van der Waals surface area contributed by atoms with Crippen LogP contribution in [0.1, 0.15) is 77.6 Å². The zero-order valence-electron chi connectivity index (χ0n) is 10.4. The molecule has 0 bridgehead atoms. The molecule has 0 saturated carbocycles. The topological polar surface area (TPSA) is 0 Å². The average molecular weight is 344 g/mol. The minimum Gasteiger partial charge on any atom is -1.00 e. The molecule has 0 aliphatic heterocycles. The summed E-state index contributed by atoms with van der Waals surface area (Å²) in [6.07, 6.45) is 15.8. The molecule has 0 aliphatic rings. The van der Waals surface area contributed by atoms with Crippen LogP contribution in [-0.4, -0.2) is 5.75 Å². The van der Waals surface area contributed by atoms with Crippen molar-refractivity contribution < 1.29 is 24.0 Å². The van der Waals surface area contributed by atoms with Crippen LogP contribution in [0.25, 0.3) is 0 Å². The van der Waals surface area contributed by atoms with Crippen LogP contribution < -0.4 is 24.0 Å². The third kappa shape index (κ3) is 17.7. The van der Waals surface area contributed by atoms with E-state index in [1.54, 1.807) is 0 Å². The fourth-order valence-corrected chi connectivity index (χ4v) is 2.04. The molecule has 0 saturated heterocycles. The molecule has 0 rings (SSSR count). The maximum atomic E-state index is 3.51. The van der Waals surface area contributed by atoms with Crippen molar-refractivity contribution in [1.82, 2.24) is 0 Å². The van der Waals surface area contributed by atoms with Gasteiger partial charge < -0.3 is 24.0 Å². The van der Waals surface area contributed by atoms with Gasteiger partial charge in [-0.15, -0.1) is 0 Å². The number of hydrogen-bond donors (Lipinski definition) is 0. The van der Waals surface area contributed by atoms with Gasteiger partial charge in [0.1, 0.15) is 5.75 Å². The van der Waals surface area contributed by atoms with Gasteiger partial charge in [0.25, 0.3) is 0 Å². The van der Waals surface area contributed by atoms with Gasteiger partial charge in [-0.1, -0.05) is 64.7 Å². The first-order chi connectivity index (χ1) is 6.91. The summed E-state index contributed by atoms with van der Waals surface area (Å²) < 4.78 is 0. The van der Waals surface area contributed by atoms with E-state index in [0.717, 1.165) is 0 Å². The number of halogens is 1. The van der Waals surface area contributed by atoms with Crippen molar-refractivity contribution in [3.63, 3.8) is 0 Å². The van der Waals surface area contributed by atoms with E-state index < -0.39 is 0 Å². The fraction of sp³-hybridized carbons (Fsp3) is 1.00. The fourth-order valence-electron chi connectivity index (χ4n) is 1.79. The molecular weight excluding hydrogens is 315 g/mol. The molecule has 0 heterocycles. The number of rotatable bonds is 11. The van der Waals surface area contributed by atoms with E-state index >= 15 is 0 Å². The molecule has 0 nitrogen and oxygen atoms in total. The van der Waals surface area contributed by atoms with Gasteiger partial charge in [0.05, 0.1) is 0 Å². The van der Waals surface area contributed by atoms with E-state index in [1.807, 2.05) is 0 Å². The van der Waals surface area contributed by atoms with Crippen LogP contribution >= 0.6 is 0 Å². The normalized spacial score (nSPS) is 10.0. The summed E-state index contributed by atoms with van der Waals surface area (Å²) in [6, 6.07) is 0. The highest BCUT2D eigenvalue weighted by molar-refractivity contribution is 7.58. The van der Waals surface area contributed by atoms with E-state index in [9.17, 15) is 0 Å². The molecule has 0 N–H and O–H groups in total. The summed E-state index contributed by atoms with van der Waals surface area (Å²) in [6.45, 7) is 2.28. The summed E-state index contributed by atoms with van der Waals surface area (Å²) in [7, 11) is 0. The van der Waals surface area contributed by atoms with Crippen molar-refractivity contribution in [2.24, 2.45) is 0 Å². The molecule has 0 amide bonds. The summed E-state index contributed by atoms with van der Waals surface area (Å²) in [5, 5.41) is 0. The van der Waals surface area contributed by atoms with E-state index in [-0.39, 0.29) is 24.0 Å². The molecule has 0 spiro atoms. The quantitative estimate of drug-likeness (QED) is 0.301. The largest absolute Gasteiger partial charge is 1.00 e. The van der Waals surface area contributed by atoms with Gasteiger partial charge in [-0.25, -0.2) is 0 Å². The van der Waals surface area contributed by atoms with Crippen molar-refractivity contribution in [3.05, 3.63) is 0 Å². The van der Waals surface area contributed by atoms with Crippen LogP contribution in [0.3, 0.4) is 0 Å². The van der Waals surface area contributed by atoms with E-state index in [0.29, 0.717) is 0 Å². The predicted octanol–water partition coefficient (Wildman–Crippen LogP) is 1.31. The first-order valence-corrected chi connectivity index (χ1v) is 7.27. The van der Waals surface area contributed by atoms with Crippen molar-refractivity contribution in [2.45, 2.75) is 77.6 Å². The van der Waals surface area contributed by atoms with Crippen molar-refractivity contribution in [1.29, 1.82) is 0 Å². The Kier molecular flexibility index (Phi) is 21.5. The van der Waals surface area contributed by atoms with Gasteiger partial charge in [0.2, 0.25) is 0 Å². The molecule has 0 atom stereocenters. The lowest BCUT2D eigenvalue weighted by Crippen LogP contribution is -3.00. The Hall–Kier alpha value is 1.08. The first kappa shape index (κ1) is 18.4. The van der Waals surface area contributed by atoms with Crippen LogP contribution in [0.15, 0.2) is 0 Å². The summed E-state index contributed by atoms with van der Waals surface area (Å²) in [4.78, 5) is 0. The smallest absolute Gasteiger partial charge is 0.103 e. The molecule has 0 aromatic carbocycles. The minimum atomic E-state index is 0. The predicted molar refractivity (Wildman–Crippen MR) is 71.5 cm³/mol. The van der Waals surface area contributed by atoms with E-state index in [4.69, 9.17) is 0 Å². The van der Waals surface area contributed by atoms with E-state index in [1.165, 1.54) is 76.4 Å². The Labute approximate surface area is 119 Å². The van der Waals surface area contributed by atoms with E-state index in [2.05, 4.69) is 19.6 Å². The van der Waals surface area contributed by atoms with Crippen LogP contribution in [0.2, 0.25) is 0 Å². The second-order valence-corrected chi connectivity index (χ2v) is 4.79. The zero-order valence-corrected chi connectivity index (χ0v) is 13.5. The second kappa shape index (κ2) is 17.5. The Morgan fingerprint density at radius 2 is 0.933 bits per heavy atom. The van der Waals surface area contributed by atoms with Gasteiger partial charge in [-0.2, -0.15) is 0 Å². The summed E-state index contributed by atoms with van der Waals surface area (Å²) in [5.41, 5.74) is 0. The lowest BCUT2D eigenvalue weighted by Gasteiger charge is -2.00. The highest BCUT2D eigenvalue weighted by atomic mass is 127. The van der Waals surface area contributed by atoms with Crippen molar-refractivity contribution in [3.8, 4) is 0 Å². The molecule has 0 unspecified atom stereocenters. The summed E-state index contributed by atoms with van der Waals surface area (Å²) >= 11 is 3.51. The highest BCUT2D eigenvalue weighted by Crippen LogP contribution is 2.10. The van der Waals surface area contributed by atoms with Gasteiger partial charge in [0, 0.05) is 0 Å². The third-order valence-electron chi connectivity index (χ3n) is 2.78. The molecule has 0 aliphatic carbocycles. The second-order valence-electron chi connectivity index (χ2n) is 4.29. The molecular formula is C13H29IS. The standard InChI is InChI=1S/C13H28S.HI/c1-2-3-4-5-6-7-8-9-10-11-12-13-14;/h14H,2-13H2,1H3;1H. The zero-order chi connectivity index (χ0) is 10.5. The molecule has 0 aromatic rings. The molecule has 15 heavy (non-hydrogen) atoms. The Bertz CT molecular complexity index is 84.5. The lowest BCUT2D eigenvalue weighted by molar-refractivity contribution is -0.00000307. The number of hydrogen-bond acceptors (Lipinski definition) is 0. The Morgan fingerprint density at radius 1 is 0.600 bits per heavy atom. The van der Waals surface area contributed by atoms with Crippen LogP contribution in [0.5, 0.6) is 0 Å². The first-order valence-electron chi connectivity index (χ1n) is 6.56. The molecule has 0 fully saturated rings. The Balaban J connectivity index is 0. The highest BCUT2D eigenvalue weighted by Gasteiger charge is 1.92. The maximum Gasteiger partial charge on any atom is 0.103 e. The van der Waals surface area contributed by atoms with Gasteiger partial charge in [-0.3, -0.25) is 0 Å². The monoisotopic (exact) mass is 344 g/mol. The van der Waals surface area contributed by atoms with Gasteiger partial charge in [0.15, 0.2) is 0 Å². The number of unbranched alkanes of at least 4 members (excludes halogenated alkanes) is 10. The molecule has 2 heteroatoms. The third-order valence-corrected chi connectivity index (χ3v) is 3.13.